The van der Waals surface area contributed by atoms with E-state index in [1.165, 1.54) is 0 Å². The number of amides is 1. The van der Waals surface area contributed by atoms with Crippen molar-refractivity contribution in [3.05, 3.63) is 59.8 Å². The summed E-state index contributed by atoms with van der Waals surface area (Å²) >= 11 is 0. The van der Waals surface area contributed by atoms with E-state index >= 15 is 0 Å². The normalized spacial score (nSPS) is 18.6. The molecule has 35 heavy (non-hydrogen) atoms. The number of benzene rings is 2. The van der Waals surface area contributed by atoms with Gasteiger partial charge < -0.3 is 19.5 Å². The summed E-state index contributed by atoms with van der Waals surface area (Å²) in [7, 11) is 0. The van der Waals surface area contributed by atoms with Crippen LogP contribution in [0.5, 0.6) is 5.75 Å². The second-order valence-corrected chi connectivity index (χ2v) is 9.27. The highest BCUT2D eigenvalue weighted by molar-refractivity contribution is 5.94. The Balaban J connectivity index is 1.37. The van der Waals surface area contributed by atoms with Gasteiger partial charge >= 0.3 is 0 Å². The van der Waals surface area contributed by atoms with Crippen LogP contribution in [0.3, 0.4) is 0 Å². The molecule has 0 spiro atoms. The van der Waals surface area contributed by atoms with Crippen molar-refractivity contribution in [2.75, 3.05) is 46.1 Å². The number of para-hydroxylation sites is 1. The van der Waals surface area contributed by atoms with Gasteiger partial charge in [-0.05, 0) is 55.2 Å². The number of nitrogens with zero attached hydrogens (tertiary/aromatic N) is 2. The molecule has 1 aromatic heterocycles. The zero-order valence-corrected chi connectivity index (χ0v) is 20.3. The maximum atomic E-state index is 12.4. The molecule has 1 unspecified atom stereocenters. The first kappa shape index (κ1) is 23.7. The number of hydrogen-bond acceptors (Lipinski definition) is 6. The number of pyridine rings is 1. The van der Waals surface area contributed by atoms with Crippen molar-refractivity contribution in [3.63, 3.8) is 0 Å². The highest BCUT2D eigenvalue weighted by Gasteiger charge is 2.18. The van der Waals surface area contributed by atoms with Crippen molar-refractivity contribution >= 4 is 16.8 Å². The number of hydrogen-bond donors (Lipinski definition) is 1. The van der Waals surface area contributed by atoms with Crippen LogP contribution in [0, 0.1) is 6.92 Å². The summed E-state index contributed by atoms with van der Waals surface area (Å²) in [5, 5.41) is 4.06. The number of ether oxygens (including phenoxy) is 3. The number of fused-ring (bicyclic) bond motifs is 1. The van der Waals surface area contributed by atoms with E-state index in [9.17, 15) is 4.79 Å². The molecule has 3 aromatic rings. The molecule has 2 saturated heterocycles. The first-order valence-electron chi connectivity index (χ1n) is 12.5. The Bertz CT molecular complexity index is 1170. The molecule has 2 aliphatic heterocycles. The molecule has 1 N–H and O–H groups in total. The molecular formula is C28H33N3O4. The molecule has 184 valence electrons. The Kier molecular flexibility index (Phi) is 7.57. The summed E-state index contributed by atoms with van der Waals surface area (Å²) in [6.07, 6.45) is 2.17. The third-order valence-corrected chi connectivity index (χ3v) is 6.62. The second-order valence-electron chi connectivity index (χ2n) is 9.27. The van der Waals surface area contributed by atoms with Crippen LogP contribution in [-0.2, 0) is 20.8 Å². The maximum Gasteiger partial charge on any atom is 0.258 e. The van der Waals surface area contributed by atoms with Gasteiger partial charge in [-0.15, -0.1) is 0 Å². The Morgan fingerprint density at radius 3 is 2.83 bits per heavy atom. The summed E-state index contributed by atoms with van der Waals surface area (Å²) in [6.45, 7) is 7.29. The second kappa shape index (κ2) is 11.2. The minimum absolute atomic E-state index is 0.0144. The van der Waals surface area contributed by atoms with E-state index in [2.05, 4.69) is 34.5 Å². The van der Waals surface area contributed by atoms with Gasteiger partial charge in [0, 0.05) is 49.4 Å². The van der Waals surface area contributed by atoms with Gasteiger partial charge in [0.2, 0.25) is 0 Å². The van der Waals surface area contributed by atoms with Crippen LogP contribution in [-0.4, -0.2) is 68.0 Å². The van der Waals surface area contributed by atoms with Crippen molar-refractivity contribution < 1.29 is 19.0 Å². The van der Waals surface area contributed by atoms with E-state index < -0.39 is 0 Å². The molecule has 0 radical (unpaired) electrons. The number of nitrogens with one attached hydrogen (secondary N) is 1. The number of aromatic nitrogens is 1. The predicted molar refractivity (Wildman–Crippen MR) is 135 cm³/mol. The fourth-order valence-corrected chi connectivity index (χ4v) is 4.79. The summed E-state index contributed by atoms with van der Waals surface area (Å²) < 4.78 is 17.1. The molecule has 7 heteroatoms. The van der Waals surface area contributed by atoms with Crippen LogP contribution in [0.1, 0.15) is 24.1 Å². The molecule has 0 aliphatic carbocycles. The Labute approximate surface area is 206 Å². The molecule has 3 heterocycles. The monoisotopic (exact) mass is 475 g/mol. The van der Waals surface area contributed by atoms with Gasteiger partial charge in [-0.3, -0.25) is 14.7 Å². The quantitative estimate of drug-likeness (QED) is 0.536. The standard InChI is InChI=1S/C28H33N3O4/c1-20-15-25(24-6-2-3-7-26(24)30-20)21-8-9-27(22(16-21)18-31-10-13-33-14-11-31)35-19-28(32)29-17-23-5-4-12-34-23/h2-3,6-9,15-16,23H,4-5,10-14,17-19H2,1H3,(H,29,32). The molecule has 1 atom stereocenters. The summed E-state index contributed by atoms with van der Waals surface area (Å²) in [6, 6.07) is 16.6. The van der Waals surface area contributed by atoms with Crippen LogP contribution < -0.4 is 10.1 Å². The largest absolute Gasteiger partial charge is 0.483 e. The van der Waals surface area contributed by atoms with Crippen molar-refractivity contribution in [2.24, 2.45) is 0 Å². The van der Waals surface area contributed by atoms with Gasteiger partial charge in [0.15, 0.2) is 6.61 Å². The summed E-state index contributed by atoms with van der Waals surface area (Å²) in [4.78, 5) is 19.5. The van der Waals surface area contributed by atoms with Crippen LogP contribution >= 0.6 is 0 Å². The molecule has 2 aromatic carbocycles. The van der Waals surface area contributed by atoms with E-state index in [4.69, 9.17) is 19.2 Å². The SMILES string of the molecule is Cc1cc(-c2ccc(OCC(=O)NCC3CCCO3)c(CN3CCOCC3)c2)c2ccccc2n1. The van der Waals surface area contributed by atoms with Gasteiger partial charge in [-0.1, -0.05) is 24.3 Å². The molecular weight excluding hydrogens is 442 g/mol. The zero-order valence-electron chi connectivity index (χ0n) is 20.3. The van der Waals surface area contributed by atoms with Gasteiger partial charge in [-0.25, -0.2) is 0 Å². The van der Waals surface area contributed by atoms with Gasteiger partial charge in [0.05, 0.1) is 24.8 Å². The van der Waals surface area contributed by atoms with E-state index in [1.54, 1.807) is 0 Å². The third kappa shape index (κ3) is 5.99. The maximum absolute atomic E-state index is 12.4. The van der Waals surface area contributed by atoms with E-state index in [-0.39, 0.29) is 18.6 Å². The first-order chi connectivity index (χ1) is 17.2. The lowest BCUT2D eigenvalue weighted by molar-refractivity contribution is -0.123. The molecule has 7 nitrogen and oxygen atoms in total. The molecule has 2 aliphatic rings. The van der Waals surface area contributed by atoms with Crippen LogP contribution in [0.4, 0.5) is 0 Å². The number of carbonyl (C=O) groups excluding carboxylic acids is 1. The fourth-order valence-electron chi connectivity index (χ4n) is 4.79. The first-order valence-corrected chi connectivity index (χ1v) is 12.5. The highest BCUT2D eigenvalue weighted by atomic mass is 16.5. The molecule has 0 saturated carbocycles. The lowest BCUT2D eigenvalue weighted by Crippen LogP contribution is -2.36. The van der Waals surface area contributed by atoms with E-state index in [1.807, 2.05) is 31.2 Å². The van der Waals surface area contributed by atoms with E-state index in [0.717, 1.165) is 91.3 Å². The summed E-state index contributed by atoms with van der Waals surface area (Å²) in [5.41, 5.74) is 5.30. The van der Waals surface area contributed by atoms with Crippen LogP contribution in [0.15, 0.2) is 48.5 Å². The Hall–Kier alpha value is -3.00. The third-order valence-electron chi connectivity index (χ3n) is 6.62. The van der Waals surface area contributed by atoms with E-state index in [0.29, 0.717) is 6.54 Å². The number of aryl methyl sites for hydroxylation is 1. The number of morpholine rings is 1. The van der Waals surface area contributed by atoms with Gasteiger partial charge in [0.1, 0.15) is 5.75 Å². The minimum Gasteiger partial charge on any atom is -0.483 e. The molecule has 0 bridgehead atoms. The van der Waals surface area contributed by atoms with Crippen LogP contribution in [0.2, 0.25) is 0 Å². The molecule has 5 rings (SSSR count). The lowest BCUT2D eigenvalue weighted by Gasteiger charge is -2.27. The summed E-state index contributed by atoms with van der Waals surface area (Å²) in [5.74, 6) is 0.611. The van der Waals surface area contributed by atoms with Crippen molar-refractivity contribution in [1.29, 1.82) is 0 Å². The smallest absolute Gasteiger partial charge is 0.258 e. The van der Waals surface area contributed by atoms with Gasteiger partial charge in [-0.2, -0.15) is 0 Å². The van der Waals surface area contributed by atoms with Crippen molar-refractivity contribution in [2.45, 2.75) is 32.4 Å². The zero-order chi connectivity index (χ0) is 24.0. The number of carbonyl (C=O) groups is 1. The molecule has 1 amide bonds. The predicted octanol–water partition coefficient (Wildman–Crippen LogP) is 3.72. The average molecular weight is 476 g/mol. The van der Waals surface area contributed by atoms with Gasteiger partial charge in [0.25, 0.3) is 5.91 Å². The Morgan fingerprint density at radius 1 is 1.14 bits per heavy atom. The topological polar surface area (TPSA) is 72.9 Å². The van der Waals surface area contributed by atoms with Crippen molar-refractivity contribution in [3.8, 4) is 16.9 Å². The highest BCUT2D eigenvalue weighted by Crippen LogP contribution is 2.32. The Morgan fingerprint density at radius 2 is 2.00 bits per heavy atom. The van der Waals surface area contributed by atoms with Crippen molar-refractivity contribution in [1.82, 2.24) is 15.2 Å². The average Bonchev–Trinajstić information content (AvgIpc) is 3.40. The fraction of sp³-hybridized carbons (Fsp3) is 0.429. The molecule has 2 fully saturated rings. The van der Waals surface area contributed by atoms with Crippen LogP contribution in [0.25, 0.3) is 22.0 Å². The lowest BCUT2D eigenvalue weighted by atomic mass is 9.98. The minimum atomic E-state index is -0.127. The number of rotatable bonds is 8.